The van der Waals surface area contributed by atoms with Crippen molar-refractivity contribution < 1.29 is 4.79 Å². The normalized spacial score (nSPS) is 25.4. The maximum Gasteiger partial charge on any atom is 0.225 e. The first-order valence-corrected chi connectivity index (χ1v) is 6.24. The van der Waals surface area contributed by atoms with Gasteiger partial charge in [-0.2, -0.15) is 0 Å². The summed E-state index contributed by atoms with van der Waals surface area (Å²) in [6.07, 6.45) is 1.17. The molecule has 1 fully saturated rings. The Morgan fingerprint density at radius 2 is 2.06 bits per heavy atom. The molecule has 2 heterocycles. The molecule has 1 unspecified atom stereocenters. The van der Waals surface area contributed by atoms with Crippen molar-refractivity contribution in [2.24, 2.45) is 5.92 Å². The molecule has 3 nitrogen and oxygen atoms in total. The fraction of sp³-hybridized carbons (Fsp3) is 0.769. The smallest absolute Gasteiger partial charge is 0.225 e. The van der Waals surface area contributed by atoms with Gasteiger partial charge in [-0.25, -0.2) is 0 Å². The highest BCUT2D eigenvalue weighted by molar-refractivity contribution is 5.78. The van der Waals surface area contributed by atoms with Gasteiger partial charge in [0.2, 0.25) is 5.91 Å². The first kappa shape index (κ1) is 11.5. The van der Waals surface area contributed by atoms with Crippen LogP contribution in [0.4, 0.5) is 0 Å². The van der Waals surface area contributed by atoms with E-state index in [4.69, 9.17) is 0 Å². The summed E-state index contributed by atoms with van der Waals surface area (Å²) in [7, 11) is 0. The van der Waals surface area contributed by atoms with E-state index in [-0.39, 0.29) is 5.92 Å². The summed E-state index contributed by atoms with van der Waals surface area (Å²) < 4.78 is 0. The molecule has 1 atom stereocenters. The summed E-state index contributed by atoms with van der Waals surface area (Å²) in [4.78, 5) is 16.4. The highest BCUT2D eigenvalue weighted by Gasteiger charge is 2.33. The average molecular weight is 222 g/mol. The number of hydrogen-bond acceptors (Lipinski definition) is 2. The number of rotatable bonds is 1. The van der Waals surface area contributed by atoms with Crippen LogP contribution in [0.15, 0.2) is 11.3 Å². The van der Waals surface area contributed by atoms with E-state index in [9.17, 15) is 4.79 Å². The summed E-state index contributed by atoms with van der Waals surface area (Å²) in [6, 6.07) is 0.631. The fourth-order valence-corrected chi connectivity index (χ4v) is 2.80. The number of nitrogens with zero attached hydrogens (tertiary/aromatic N) is 2. The molecular formula is C13H22N2O. The number of piperazine rings is 1. The molecule has 2 rings (SSSR count). The lowest BCUT2D eigenvalue weighted by Crippen LogP contribution is -2.49. The Morgan fingerprint density at radius 3 is 2.69 bits per heavy atom. The monoisotopic (exact) mass is 222 g/mol. The topological polar surface area (TPSA) is 23.6 Å². The third-order valence-corrected chi connectivity index (χ3v) is 3.73. The molecule has 0 bridgehead atoms. The first-order valence-electron chi connectivity index (χ1n) is 6.24. The van der Waals surface area contributed by atoms with Crippen LogP contribution < -0.4 is 0 Å². The molecule has 3 heteroatoms. The van der Waals surface area contributed by atoms with Crippen LogP contribution in [0.1, 0.15) is 34.1 Å². The van der Waals surface area contributed by atoms with Crippen molar-refractivity contribution in [3.8, 4) is 0 Å². The SMILES string of the molecule is CC1=C2CN(C(=O)C(C)C)CCN2C(C)C1. The molecule has 2 aliphatic heterocycles. The van der Waals surface area contributed by atoms with E-state index in [1.807, 2.05) is 18.7 Å². The predicted molar refractivity (Wildman–Crippen MR) is 64.9 cm³/mol. The van der Waals surface area contributed by atoms with Crippen LogP contribution in [0.25, 0.3) is 0 Å². The summed E-state index contributed by atoms with van der Waals surface area (Å²) in [6.45, 7) is 11.2. The number of fused-ring (bicyclic) bond motifs is 1. The van der Waals surface area contributed by atoms with E-state index >= 15 is 0 Å². The minimum atomic E-state index is 0.117. The van der Waals surface area contributed by atoms with E-state index in [1.54, 1.807) is 0 Å². The van der Waals surface area contributed by atoms with E-state index in [2.05, 4.69) is 18.7 Å². The van der Waals surface area contributed by atoms with Crippen LogP contribution in [0, 0.1) is 5.92 Å². The summed E-state index contributed by atoms with van der Waals surface area (Å²) >= 11 is 0. The Labute approximate surface area is 98.1 Å². The molecule has 90 valence electrons. The summed E-state index contributed by atoms with van der Waals surface area (Å²) in [5.41, 5.74) is 2.86. The van der Waals surface area contributed by atoms with Crippen LogP contribution in [-0.4, -0.2) is 41.4 Å². The van der Waals surface area contributed by atoms with Gasteiger partial charge >= 0.3 is 0 Å². The predicted octanol–water partition coefficient (Wildman–Crippen LogP) is 1.85. The molecule has 16 heavy (non-hydrogen) atoms. The second kappa shape index (κ2) is 4.11. The molecule has 0 aromatic rings. The third kappa shape index (κ3) is 1.83. The van der Waals surface area contributed by atoms with Gasteiger partial charge in [0.15, 0.2) is 0 Å². The zero-order valence-electron chi connectivity index (χ0n) is 10.8. The number of amides is 1. The number of carbonyl (C=O) groups is 1. The molecule has 0 N–H and O–H groups in total. The number of hydrogen-bond donors (Lipinski definition) is 0. The lowest BCUT2D eigenvalue weighted by Gasteiger charge is -2.38. The minimum Gasteiger partial charge on any atom is -0.369 e. The van der Waals surface area contributed by atoms with Gasteiger partial charge in [0.1, 0.15) is 0 Å². The van der Waals surface area contributed by atoms with Gasteiger partial charge in [0, 0.05) is 30.7 Å². The Morgan fingerprint density at radius 1 is 1.38 bits per heavy atom. The van der Waals surface area contributed by atoms with E-state index < -0.39 is 0 Å². The van der Waals surface area contributed by atoms with Crippen molar-refractivity contribution in [3.63, 3.8) is 0 Å². The fourth-order valence-electron chi connectivity index (χ4n) is 2.80. The zero-order chi connectivity index (χ0) is 11.9. The molecule has 0 saturated carbocycles. The quantitative estimate of drug-likeness (QED) is 0.676. The van der Waals surface area contributed by atoms with Crippen molar-refractivity contribution in [1.29, 1.82) is 0 Å². The van der Waals surface area contributed by atoms with Crippen molar-refractivity contribution in [1.82, 2.24) is 9.80 Å². The maximum atomic E-state index is 12.0. The molecular weight excluding hydrogens is 200 g/mol. The van der Waals surface area contributed by atoms with Crippen molar-refractivity contribution >= 4 is 5.91 Å². The van der Waals surface area contributed by atoms with Crippen LogP contribution >= 0.6 is 0 Å². The van der Waals surface area contributed by atoms with Crippen LogP contribution in [0.3, 0.4) is 0 Å². The summed E-state index contributed by atoms with van der Waals surface area (Å²) in [5.74, 6) is 0.408. The Hall–Kier alpha value is -0.990. The largest absolute Gasteiger partial charge is 0.369 e. The Kier molecular flexibility index (Phi) is 2.96. The Balaban J connectivity index is 2.11. The summed E-state index contributed by atoms with van der Waals surface area (Å²) in [5, 5.41) is 0. The molecule has 2 aliphatic rings. The standard InChI is InChI=1S/C13H22N2O/c1-9(2)13(16)14-5-6-15-11(4)7-10(3)12(15)8-14/h9,11H,5-8H2,1-4H3. The van der Waals surface area contributed by atoms with Gasteiger partial charge in [0.25, 0.3) is 0 Å². The number of carbonyl (C=O) groups excluding carboxylic acids is 1. The first-order chi connectivity index (χ1) is 7.50. The van der Waals surface area contributed by atoms with Gasteiger partial charge in [-0.1, -0.05) is 19.4 Å². The highest BCUT2D eigenvalue weighted by Crippen LogP contribution is 2.31. The minimum absolute atomic E-state index is 0.117. The molecule has 1 amide bonds. The highest BCUT2D eigenvalue weighted by atomic mass is 16.2. The Bertz CT molecular complexity index is 333. The van der Waals surface area contributed by atoms with Gasteiger partial charge in [-0.3, -0.25) is 4.79 Å². The van der Waals surface area contributed by atoms with Gasteiger partial charge < -0.3 is 9.80 Å². The van der Waals surface area contributed by atoms with Gasteiger partial charge in [-0.05, 0) is 20.3 Å². The molecule has 1 saturated heterocycles. The van der Waals surface area contributed by atoms with E-state index in [1.165, 1.54) is 17.7 Å². The molecule has 0 aliphatic carbocycles. The molecule has 0 aromatic carbocycles. The zero-order valence-corrected chi connectivity index (χ0v) is 10.8. The maximum absolute atomic E-state index is 12.0. The van der Waals surface area contributed by atoms with Gasteiger partial charge in [0.05, 0.1) is 6.54 Å². The van der Waals surface area contributed by atoms with Crippen LogP contribution in [0.5, 0.6) is 0 Å². The lowest BCUT2D eigenvalue weighted by molar-refractivity contribution is -0.135. The molecule has 0 spiro atoms. The van der Waals surface area contributed by atoms with Crippen LogP contribution in [-0.2, 0) is 4.79 Å². The van der Waals surface area contributed by atoms with Crippen molar-refractivity contribution in [2.75, 3.05) is 19.6 Å². The lowest BCUT2D eigenvalue weighted by atomic mass is 10.1. The van der Waals surface area contributed by atoms with E-state index in [0.29, 0.717) is 11.9 Å². The van der Waals surface area contributed by atoms with Gasteiger partial charge in [-0.15, -0.1) is 0 Å². The third-order valence-electron chi connectivity index (χ3n) is 3.73. The molecule has 0 radical (unpaired) electrons. The average Bonchev–Trinajstić information content (AvgIpc) is 2.53. The van der Waals surface area contributed by atoms with Crippen molar-refractivity contribution in [3.05, 3.63) is 11.3 Å². The second-order valence-corrected chi connectivity index (χ2v) is 5.39. The van der Waals surface area contributed by atoms with Crippen molar-refractivity contribution in [2.45, 2.75) is 40.2 Å². The van der Waals surface area contributed by atoms with Crippen LogP contribution in [0.2, 0.25) is 0 Å². The molecule has 0 aromatic heterocycles. The second-order valence-electron chi connectivity index (χ2n) is 5.39. The van der Waals surface area contributed by atoms with E-state index in [0.717, 1.165) is 19.6 Å².